The molecule has 0 aliphatic heterocycles. The SMILES string of the molecule is O=c1nc2sc(=Cc3cn(-c4ccccc4)nc3-c3ccc(Cl)cc3)c(=O)n2nc1Cc1ccccc1. The zero-order valence-corrected chi connectivity index (χ0v) is 20.9. The number of aromatic nitrogens is 5. The van der Waals surface area contributed by atoms with Gasteiger partial charge in [0.1, 0.15) is 11.4 Å². The molecule has 0 unspecified atom stereocenters. The fraction of sp³-hybridized carbons (Fsp3) is 0.0357. The number of nitrogens with zero attached hydrogens (tertiary/aromatic N) is 5. The van der Waals surface area contributed by atoms with Crippen molar-refractivity contribution in [2.24, 2.45) is 0 Å². The van der Waals surface area contributed by atoms with Crippen LogP contribution in [0.15, 0.2) is 101 Å². The van der Waals surface area contributed by atoms with Crippen LogP contribution in [-0.4, -0.2) is 24.4 Å². The first-order chi connectivity index (χ1) is 18.0. The number of halogens is 1. The summed E-state index contributed by atoms with van der Waals surface area (Å²) in [5.41, 5.74) is 3.55. The molecule has 3 heterocycles. The minimum atomic E-state index is -0.435. The highest BCUT2D eigenvalue weighted by Gasteiger charge is 2.15. The minimum Gasteiger partial charge on any atom is -0.266 e. The van der Waals surface area contributed by atoms with E-state index in [9.17, 15) is 9.59 Å². The third-order valence-corrected chi connectivity index (χ3v) is 7.04. The normalized spacial score (nSPS) is 11.9. The van der Waals surface area contributed by atoms with Crippen molar-refractivity contribution in [1.82, 2.24) is 24.4 Å². The molecule has 0 atom stereocenters. The van der Waals surface area contributed by atoms with Gasteiger partial charge in [-0.15, -0.1) is 0 Å². The maximum absolute atomic E-state index is 13.3. The molecule has 0 aliphatic carbocycles. The van der Waals surface area contributed by atoms with E-state index >= 15 is 0 Å². The van der Waals surface area contributed by atoms with E-state index in [4.69, 9.17) is 16.7 Å². The maximum atomic E-state index is 13.3. The number of benzene rings is 3. The molecular formula is C28H18ClN5O2S. The first kappa shape index (κ1) is 23.0. The van der Waals surface area contributed by atoms with Crippen LogP contribution in [0.3, 0.4) is 0 Å². The number of fused-ring (bicyclic) bond motifs is 1. The van der Waals surface area contributed by atoms with E-state index in [0.29, 0.717) is 21.7 Å². The Morgan fingerprint density at radius 1 is 0.865 bits per heavy atom. The van der Waals surface area contributed by atoms with E-state index in [1.807, 2.05) is 79.0 Å². The van der Waals surface area contributed by atoms with Gasteiger partial charge in [0.05, 0.1) is 10.2 Å². The van der Waals surface area contributed by atoms with E-state index in [-0.39, 0.29) is 16.2 Å². The molecule has 9 heteroatoms. The van der Waals surface area contributed by atoms with Crippen molar-refractivity contribution in [3.63, 3.8) is 0 Å². The zero-order valence-electron chi connectivity index (χ0n) is 19.3. The summed E-state index contributed by atoms with van der Waals surface area (Å²) >= 11 is 7.22. The molecule has 3 aromatic carbocycles. The van der Waals surface area contributed by atoms with Crippen molar-refractivity contribution < 1.29 is 0 Å². The van der Waals surface area contributed by atoms with Gasteiger partial charge in [-0.3, -0.25) is 9.59 Å². The van der Waals surface area contributed by atoms with Gasteiger partial charge in [0.2, 0.25) is 4.96 Å². The quantitative estimate of drug-likeness (QED) is 0.339. The first-order valence-corrected chi connectivity index (χ1v) is 12.6. The second kappa shape index (κ2) is 9.57. The number of thiazole rings is 1. The summed E-state index contributed by atoms with van der Waals surface area (Å²) in [5, 5.41) is 9.77. The van der Waals surface area contributed by atoms with Gasteiger partial charge >= 0.3 is 0 Å². The Hall–Kier alpha value is -4.40. The van der Waals surface area contributed by atoms with E-state index < -0.39 is 5.56 Å². The monoisotopic (exact) mass is 523 g/mol. The maximum Gasteiger partial charge on any atom is 0.296 e. The molecule has 7 nitrogen and oxygen atoms in total. The van der Waals surface area contributed by atoms with Gasteiger partial charge in [-0.2, -0.15) is 19.7 Å². The molecule has 37 heavy (non-hydrogen) atoms. The van der Waals surface area contributed by atoms with Crippen LogP contribution < -0.4 is 15.7 Å². The average Bonchev–Trinajstić information content (AvgIpc) is 3.47. The minimum absolute atomic E-state index is 0.226. The number of rotatable bonds is 5. The third-order valence-electron chi connectivity index (χ3n) is 5.83. The number of hydrogen-bond donors (Lipinski definition) is 0. The lowest BCUT2D eigenvalue weighted by atomic mass is 10.1. The van der Waals surface area contributed by atoms with Gasteiger partial charge in [-0.1, -0.05) is 83.6 Å². The fourth-order valence-corrected chi connectivity index (χ4v) is 5.04. The Kier molecular flexibility index (Phi) is 5.96. The lowest BCUT2D eigenvalue weighted by molar-refractivity contribution is 0.811. The Morgan fingerprint density at radius 3 is 2.30 bits per heavy atom. The first-order valence-electron chi connectivity index (χ1n) is 11.4. The molecule has 0 N–H and O–H groups in total. The summed E-state index contributed by atoms with van der Waals surface area (Å²) in [7, 11) is 0. The highest BCUT2D eigenvalue weighted by atomic mass is 35.5. The summed E-state index contributed by atoms with van der Waals surface area (Å²) in [5.74, 6) is 0. The molecule has 0 amide bonds. The molecule has 0 saturated carbocycles. The third kappa shape index (κ3) is 4.60. The van der Waals surface area contributed by atoms with Gasteiger partial charge in [-0.25, -0.2) is 4.68 Å². The molecule has 0 saturated heterocycles. The largest absolute Gasteiger partial charge is 0.296 e. The highest BCUT2D eigenvalue weighted by molar-refractivity contribution is 7.15. The highest BCUT2D eigenvalue weighted by Crippen LogP contribution is 2.26. The molecular weight excluding hydrogens is 506 g/mol. The van der Waals surface area contributed by atoms with Crippen molar-refractivity contribution in [3.05, 3.63) is 138 Å². The second-order valence-corrected chi connectivity index (χ2v) is 9.80. The van der Waals surface area contributed by atoms with Gasteiger partial charge in [-0.05, 0) is 35.9 Å². The Morgan fingerprint density at radius 2 is 1.57 bits per heavy atom. The van der Waals surface area contributed by atoms with Crippen LogP contribution in [-0.2, 0) is 6.42 Å². The average molecular weight is 524 g/mol. The Labute approximate surface area is 219 Å². The molecule has 6 rings (SSSR count). The van der Waals surface area contributed by atoms with Crippen molar-refractivity contribution in [1.29, 1.82) is 0 Å². The molecule has 0 fully saturated rings. The van der Waals surface area contributed by atoms with E-state index in [0.717, 1.165) is 33.7 Å². The fourth-order valence-electron chi connectivity index (χ4n) is 4.02. The van der Waals surface area contributed by atoms with Crippen molar-refractivity contribution in [2.45, 2.75) is 6.42 Å². The van der Waals surface area contributed by atoms with Crippen molar-refractivity contribution in [2.75, 3.05) is 0 Å². The van der Waals surface area contributed by atoms with E-state index in [1.165, 1.54) is 4.52 Å². The van der Waals surface area contributed by atoms with Crippen LogP contribution in [0.2, 0.25) is 5.02 Å². The van der Waals surface area contributed by atoms with Crippen LogP contribution in [0.1, 0.15) is 16.8 Å². The van der Waals surface area contributed by atoms with Gasteiger partial charge < -0.3 is 0 Å². The van der Waals surface area contributed by atoms with E-state index in [1.54, 1.807) is 22.9 Å². The zero-order chi connectivity index (χ0) is 25.4. The molecule has 0 spiro atoms. The van der Waals surface area contributed by atoms with Crippen LogP contribution in [0.5, 0.6) is 0 Å². The summed E-state index contributed by atoms with van der Waals surface area (Å²) in [6, 6.07) is 26.6. The molecule has 6 aromatic rings. The lowest BCUT2D eigenvalue weighted by Gasteiger charge is -2.00. The van der Waals surface area contributed by atoms with Crippen LogP contribution in [0.25, 0.3) is 28.0 Å². The number of hydrogen-bond acceptors (Lipinski definition) is 6. The molecule has 0 aliphatic rings. The predicted octanol–water partition coefficient (Wildman–Crippen LogP) is 4.16. The van der Waals surface area contributed by atoms with Crippen molar-refractivity contribution in [3.8, 4) is 16.9 Å². The summed E-state index contributed by atoms with van der Waals surface area (Å²) in [4.78, 5) is 30.3. The second-order valence-electron chi connectivity index (χ2n) is 8.36. The summed E-state index contributed by atoms with van der Waals surface area (Å²) in [6.45, 7) is 0. The van der Waals surface area contributed by atoms with Crippen molar-refractivity contribution >= 4 is 34.0 Å². The molecule has 180 valence electrons. The van der Waals surface area contributed by atoms with Gasteiger partial charge in [0.25, 0.3) is 11.1 Å². The van der Waals surface area contributed by atoms with Gasteiger partial charge in [0.15, 0.2) is 0 Å². The Balaban J connectivity index is 1.49. The lowest BCUT2D eigenvalue weighted by Crippen LogP contribution is -2.28. The summed E-state index contributed by atoms with van der Waals surface area (Å²) in [6.07, 6.45) is 3.93. The van der Waals surface area contributed by atoms with E-state index in [2.05, 4.69) is 10.1 Å². The number of para-hydroxylation sites is 1. The molecule has 0 bridgehead atoms. The predicted molar refractivity (Wildman–Crippen MR) is 145 cm³/mol. The smallest absolute Gasteiger partial charge is 0.266 e. The van der Waals surface area contributed by atoms with Crippen LogP contribution in [0.4, 0.5) is 0 Å². The summed E-state index contributed by atoms with van der Waals surface area (Å²) < 4.78 is 3.38. The Bertz CT molecular complexity index is 1900. The molecule has 3 aromatic heterocycles. The van der Waals surface area contributed by atoms with Gasteiger partial charge in [0, 0.05) is 28.8 Å². The molecule has 0 radical (unpaired) electrons. The van der Waals surface area contributed by atoms with Crippen LogP contribution >= 0.6 is 22.9 Å². The topological polar surface area (TPSA) is 82.1 Å². The standard InChI is InChI=1S/C28H18ClN5O2S/c29-21-13-11-19(12-14-21)25-20(17-33(32-25)22-9-5-2-6-10-22)16-24-27(36)34-28(37-24)30-26(35)23(31-34)15-18-7-3-1-4-8-18/h1-14,16-17H,15H2. The van der Waals surface area contributed by atoms with Crippen LogP contribution in [0, 0.1) is 0 Å².